The van der Waals surface area contributed by atoms with Crippen LogP contribution in [0.4, 0.5) is 30.4 Å². The lowest BCUT2D eigenvalue weighted by molar-refractivity contribution is -0.177. The van der Waals surface area contributed by atoms with E-state index in [1.54, 1.807) is 19.9 Å². The van der Waals surface area contributed by atoms with Crippen molar-refractivity contribution in [2.45, 2.75) is 58.0 Å². The highest BCUT2D eigenvalue weighted by molar-refractivity contribution is 5.78. The smallest absolute Gasteiger partial charge is 0.416 e. The molecule has 1 unspecified atom stereocenters. The number of fused-ring (bicyclic) bond motifs is 4. The Morgan fingerprint density at radius 3 is 2.56 bits per heavy atom. The molecule has 1 saturated heterocycles. The molecule has 3 aromatic rings. The number of hydrogen-bond acceptors (Lipinski definition) is 9. The molecule has 2 bridgehead atoms. The van der Waals surface area contributed by atoms with Crippen molar-refractivity contribution >= 4 is 23.6 Å². The SMILES string of the molecule is CC(C)(O)OCCCOc1ncc(NC=O)cn1.CCc1cc2c(nc1-c1cccc(C(F)(F)F)c1)N(C)C1CCN2C1. The molecule has 2 aromatic heterocycles. The monoisotopic (exact) mass is 602 g/mol. The molecule has 1 amide bonds. The maximum atomic E-state index is 13.1. The fraction of sp³-hybridized carbons (Fsp3) is 0.467. The van der Waals surface area contributed by atoms with E-state index in [2.05, 4.69) is 31.2 Å². The molecule has 1 atom stereocenters. The molecule has 2 aliphatic heterocycles. The molecule has 2 aliphatic rings. The Hall–Kier alpha value is -3.97. The predicted octanol–water partition coefficient (Wildman–Crippen LogP) is 4.92. The van der Waals surface area contributed by atoms with Crippen molar-refractivity contribution in [3.8, 4) is 17.3 Å². The number of likely N-dealkylation sites (N-methyl/N-ethyl adjacent to an activating group) is 1. The van der Waals surface area contributed by atoms with Crippen molar-refractivity contribution < 1.29 is 32.5 Å². The Morgan fingerprint density at radius 1 is 1.16 bits per heavy atom. The number of nitrogens with one attached hydrogen (secondary N) is 1. The van der Waals surface area contributed by atoms with Gasteiger partial charge in [0.2, 0.25) is 6.41 Å². The van der Waals surface area contributed by atoms with Crippen molar-refractivity contribution in [3.05, 3.63) is 53.9 Å². The summed E-state index contributed by atoms with van der Waals surface area (Å²) >= 11 is 0. The van der Waals surface area contributed by atoms with E-state index in [9.17, 15) is 23.1 Å². The van der Waals surface area contributed by atoms with E-state index in [1.807, 2.05) is 14.0 Å². The number of benzene rings is 1. The molecule has 5 rings (SSSR count). The third kappa shape index (κ3) is 8.32. The Labute approximate surface area is 248 Å². The van der Waals surface area contributed by atoms with Gasteiger partial charge in [0, 0.05) is 38.2 Å². The van der Waals surface area contributed by atoms with E-state index < -0.39 is 17.5 Å². The first kappa shape index (κ1) is 32.0. The molecular formula is C30H37F3N6O4. The van der Waals surface area contributed by atoms with Crippen LogP contribution in [0.25, 0.3) is 11.3 Å². The first-order valence-electron chi connectivity index (χ1n) is 14.1. The van der Waals surface area contributed by atoms with Gasteiger partial charge in [0.15, 0.2) is 11.6 Å². The summed E-state index contributed by atoms with van der Waals surface area (Å²) in [5.74, 6) is -0.253. The number of pyridine rings is 1. The number of hydrogen-bond donors (Lipinski definition) is 2. The Kier molecular flexibility index (Phi) is 10.1. The molecule has 0 spiro atoms. The molecule has 0 saturated carbocycles. The number of carbonyl (C=O) groups excluding carboxylic acids is 1. The number of rotatable bonds is 10. The van der Waals surface area contributed by atoms with Crippen LogP contribution in [-0.2, 0) is 22.1 Å². The van der Waals surface area contributed by atoms with Gasteiger partial charge in [0.05, 0.1) is 48.2 Å². The zero-order valence-corrected chi connectivity index (χ0v) is 24.7. The summed E-state index contributed by atoms with van der Waals surface area (Å²) < 4.78 is 49.6. The van der Waals surface area contributed by atoms with Gasteiger partial charge in [0.1, 0.15) is 0 Å². The fourth-order valence-electron chi connectivity index (χ4n) is 4.91. The van der Waals surface area contributed by atoms with Gasteiger partial charge in [-0.3, -0.25) is 4.79 Å². The third-order valence-electron chi connectivity index (χ3n) is 7.12. The minimum absolute atomic E-state index is 0.231. The average molecular weight is 603 g/mol. The molecule has 0 aliphatic carbocycles. The fourth-order valence-corrected chi connectivity index (χ4v) is 4.91. The zero-order valence-electron chi connectivity index (χ0n) is 24.7. The summed E-state index contributed by atoms with van der Waals surface area (Å²) in [5.41, 5.74) is 3.13. The molecule has 13 heteroatoms. The molecule has 4 heterocycles. The molecular weight excluding hydrogens is 565 g/mol. The van der Waals surface area contributed by atoms with Crippen molar-refractivity contribution in [2.24, 2.45) is 0 Å². The lowest BCUT2D eigenvalue weighted by Crippen LogP contribution is -2.40. The van der Waals surface area contributed by atoms with Gasteiger partial charge in [-0.25, -0.2) is 15.0 Å². The van der Waals surface area contributed by atoms with E-state index in [0.29, 0.717) is 49.0 Å². The number of halogens is 3. The quantitative estimate of drug-likeness (QED) is 0.190. The number of aromatic nitrogens is 3. The lowest BCUT2D eigenvalue weighted by Gasteiger charge is -2.35. The van der Waals surface area contributed by atoms with Crippen LogP contribution in [0, 0.1) is 0 Å². The molecule has 43 heavy (non-hydrogen) atoms. The zero-order chi connectivity index (χ0) is 31.2. The lowest BCUT2D eigenvalue weighted by atomic mass is 10.0. The van der Waals surface area contributed by atoms with Gasteiger partial charge in [-0.1, -0.05) is 19.1 Å². The van der Waals surface area contributed by atoms with Crippen LogP contribution >= 0.6 is 0 Å². The van der Waals surface area contributed by atoms with E-state index in [0.717, 1.165) is 49.1 Å². The molecule has 2 N–H and O–H groups in total. The van der Waals surface area contributed by atoms with Crippen molar-refractivity contribution in [1.29, 1.82) is 0 Å². The van der Waals surface area contributed by atoms with Crippen LogP contribution < -0.4 is 19.9 Å². The first-order chi connectivity index (χ1) is 20.4. The minimum Gasteiger partial charge on any atom is -0.463 e. The number of nitrogens with zero attached hydrogens (tertiary/aromatic N) is 5. The summed E-state index contributed by atoms with van der Waals surface area (Å²) in [6.45, 7) is 7.92. The van der Waals surface area contributed by atoms with Gasteiger partial charge in [-0.2, -0.15) is 13.2 Å². The van der Waals surface area contributed by atoms with Crippen molar-refractivity contribution in [3.63, 3.8) is 0 Å². The Morgan fingerprint density at radius 2 is 1.91 bits per heavy atom. The van der Waals surface area contributed by atoms with Crippen LogP contribution in [-0.4, -0.2) is 71.6 Å². The van der Waals surface area contributed by atoms with Crippen LogP contribution in [0.2, 0.25) is 0 Å². The number of anilines is 3. The summed E-state index contributed by atoms with van der Waals surface area (Å²) in [7, 11) is 2.03. The second-order valence-corrected chi connectivity index (χ2v) is 10.8. The van der Waals surface area contributed by atoms with Gasteiger partial charge in [0.25, 0.3) is 0 Å². The van der Waals surface area contributed by atoms with Crippen LogP contribution in [0.15, 0.2) is 42.7 Å². The minimum atomic E-state index is -4.35. The Balaban J connectivity index is 0.000000209. The largest absolute Gasteiger partial charge is 0.463 e. The van der Waals surface area contributed by atoms with E-state index >= 15 is 0 Å². The Bertz CT molecular complexity index is 1380. The van der Waals surface area contributed by atoms with Gasteiger partial charge >= 0.3 is 12.2 Å². The van der Waals surface area contributed by atoms with E-state index in [-0.39, 0.29) is 6.01 Å². The van der Waals surface area contributed by atoms with Crippen LogP contribution in [0.3, 0.4) is 0 Å². The third-order valence-corrected chi connectivity index (χ3v) is 7.12. The topological polar surface area (TPSA) is 113 Å². The van der Waals surface area contributed by atoms with E-state index in [4.69, 9.17) is 14.5 Å². The van der Waals surface area contributed by atoms with E-state index in [1.165, 1.54) is 24.5 Å². The van der Waals surface area contributed by atoms with Gasteiger partial charge in [-0.15, -0.1) is 0 Å². The van der Waals surface area contributed by atoms with Crippen molar-refractivity contribution in [1.82, 2.24) is 15.0 Å². The first-order valence-corrected chi connectivity index (χ1v) is 14.1. The molecule has 1 fully saturated rings. The number of carbonyl (C=O) groups is 1. The number of alkyl halides is 3. The van der Waals surface area contributed by atoms with Crippen LogP contribution in [0.1, 0.15) is 44.7 Å². The summed E-state index contributed by atoms with van der Waals surface area (Å²) in [6, 6.07) is 8.24. The standard InChI is InChI=1S/C19H20F3N3.C11H17N3O4/c1-3-12-10-16-18(24(2)15-7-8-25(16)11-15)23-17(12)13-5-4-6-14(9-13)19(20,21)22;1-11(2,16)18-5-3-4-17-10-12-6-9(7-13-10)14-8-15/h4-6,9-10,15H,3,7-8,11H2,1-2H3;6-8,16H,3-5H2,1-2H3,(H,14,15). The molecule has 232 valence electrons. The van der Waals surface area contributed by atoms with Crippen LogP contribution in [0.5, 0.6) is 6.01 Å². The van der Waals surface area contributed by atoms with Crippen molar-refractivity contribution in [2.75, 3.05) is 48.5 Å². The molecule has 1 aromatic carbocycles. The highest BCUT2D eigenvalue weighted by Crippen LogP contribution is 2.41. The number of aryl methyl sites for hydroxylation is 1. The number of ether oxygens (including phenoxy) is 2. The average Bonchev–Trinajstić information content (AvgIpc) is 3.42. The maximum absolute atomic E-state index is 13.1. The second kappa shape index (κ2) is 13.6. The molecule has 10 nitrogen and oxygen atoms in total. The molecule has 0 radical (unpaired) electrons. The summed E-state index contributed by atoms with van der Waals surface area (Å²) in [5, 5.41) is 11.7. The van der Waals surface area contributed by atoms with Gasteiger partial charge in [-0.05, 0) is 50.5 Å². The highest BCUT2D eigenvalue weighted by atomic mass is 19.4. The number of aliphatic hydroxyl groups is 1. The predicted molar refractivity (Wildman–Crippen MR) is 157 cm³/mol. The summed E-state index contributed by atoms with van der Waals surface area (Å²) in [6.07, 6.45) is 1.53. The number of amides is 1. The normalized spacial score (nSPS) is 15.9. The highest BCUT2D eigenvalue weighted by Gasteiger charge is 2.36. The second-order valence-electron chi connectivity index (χ2n) is 10.8. The van der Waals surface area contributed by atoms with Gasteiger partial charge < -0.3 is 29.7 Å². The maximum Gasteiger partial charge on any atom is 0.416 e. The summed E-state index contributed by atoms with van der Waals surface area (Å²) in [4.78, 5) is 27.3.